The first-order valence-electron chi connectivity index (χ1n) is 10.0. The molecule has 1 aliphatic heterocycles. The summed E-state index contributed by atoms with van der Waals surface area (Å²) in [6.45, 7) is 2.58. The van der Waals surface area contributed by atoms with E-state index in [1.54, 1.807) is 17.8 Å². The number of amides is 1. The Balaban J connectivity index is 1.49. The molecule has 1 aliphatic rings. The maximum Gasteiger partial charge on any atom is 0.259 e. The quantitative estimate of drug-likeness (QED) is 0.399. The van der Waals surface area contributed by atoms with Crippen molar-refractivity contribution in [2.45, 2.75) is 16.7 Å². The van der Waals surface area contributed by atoms with E-state index in [-0.39, 0.29) is 5.91 Å². The molecule has 2 heterocycles. The number of rotatable bonds is 4. The Hall–Kier alpha value is -3.64. The van der Waals surface area contributed by atoms with Gasteiger partial charge in [0.1, 0.15) is 0 Å². The lowest BCUT2D eigenvalue weighted by Crippen LogP contribution is -2.30. The van der Waals surface area contributed by atoms with E-state index in [0.29, 0.717) is 18.3 Å². The molecular weight excluding hydrogens is 406 g/mol. The van der Waals surface area contributed by atoms with Gasteiger partial charge in [-0.2, -0.15) is 4.98 Å². The van der Waals surface area contributed by atoms with Gasteiger partial charge in [0, 0.05) is 28.0 Å². The van der Waals surface area contributed by atoms with Crippen LogP contribution in [0, 0.1) is 0 Å². The fraction of sp³-hybridized carbons (Fsp3) is 0.0800. The number of carbonyl (C=O) groups is 1. The minimum atomic E-state index is 0.0185. The van der Waals surface area contributed by atoms with Crippen molar-refractivity contribution in [1.82, 2.24) is 10.1 Å². The average Bonchev–Trinajstić information content (AvgIpc) is 3.25. The van der Waals surface area contributed by atoms with Gasteiger partial charge in [-0.15, -0.1) is 0 Å². The molecule has 31 heavy (non-hydrogen) atoms. The fourth-order valence-electron chi connectivity index (χ4n) is 3.53. The van der Waals surface area contributed by atoms with Crippen molar-refractivity contribution < 1.29 is 9.32 Å². The van der Waals surface area contributed by atoms with Crippen molar-refractivity contribution >= 4 is 35.5 Å². The molecule has 1 amide bonds. The Morgan fingerprint density at radius 2 is 1.77 bits per heavy atom. The van der Waals surface area contributed by atoms with Gasteiger partial charge in [0.25, 0.3) is 11.8 Å². The third-order valence-corrected chi connectivity index (χ3v) is 6.19. The van der Waals surface area contributed by atoms with E-state index in [1.165, 1.54) is 0 Å². The molecule has 0 spiro atoms. The number of hydrogen-bond donors (Lipinski definition) is 0. The Morgan fingerprint density at radius 1 is 0.968 bits per heavy atom. The molecule has 0 saturated heterocycles. The minimum absolute atomic E-state index is 0.0185. The number of aromatic nitrogens is 2. The van der Waals surface area contributed by atoms with Crippen LogP contribution in [0.15, 0.2) is 87.1 Å². The lowest BCUT2D eigenvalue weighted by atomic mass is 10.1. The first kappa shape index (κ1) is 19.3. The average molecular weight is 426 g/mol. The van der Waals surface area contributed by atoms with Gasteiger partial charge >= 0.3 is 0 Å². The maximum absolute atomic E-state index is 13.0. The van der Waals surface area contributed by atoms with Crippen LogP contribution in [0.2, 0.25) is 0 Å². The van der Waals surface area contributed by atoms with Crippen molar-refractivity contribution in [3.63, 3.8) is 0 Å². The van der Waals surface area contributed by atoms with Gasteiger partial charge in [-0.1, -0.05) is 59.4 Å². The van der Waals surface area contributed by atoms with Crippen molar-refractivity contribution in [2.75, 3.05) is 11.4 Å². The zero-order valence-electron chi connectivity index (χ0n) is 16.9. The lowest BCUT2D eigenvalue weighted by Gasteiger charge is -2.21. The summed E-state index contributed by atoms with van der Waals surface area (Å²) in [6, 6.07) is 23.6. The van der Waals surface area contributed by atoms with E-state index in [0.717, 1.165) is 32.2 Å². The summed E-state index contributed by atoms with van der Waals surface area (Å²) < 4.78 is 5.41. The summed E-state index contributed by atoms with van der Waals surface area (Å²) in [5.41, 5.74) is 3.52. The molecule has 0 atom stereocenters. The second-order valence-electron chi connectivity index (χ2n) is 7.03. The molecule has 6 heteroatoms. The molecule has 1 aromatic heterocycles. The predicted octanol–water partition coefficient (Wildman–Crippen LogP) is 6.04. The summed E-state index contributed by atoms with van der Waals surface area (Å²) in [4.78, 5) is 21.3. The zero-order valence-corrected chi connectivity index (χ0v) is 17.7. The van der Waals surface area contributed by atoms with Crippen LogP contribution in [0.5, 0.6) is 0 Å². The molecule has 0 fully saturated rings. The van der Waals surface area contributed by atoms with E-state index < -0.39 is 0 Å². The molecule has 4 aromatic rings. The largest absolute Gasteiger partial charge is 0.334 e. The highest BCUT2D eigenvalue weighted by molar-refractivity contribution is 7.99. The third kappa shape index (κ3) is 3.78. The fourth-order valence-corrected chi connectivity index (χ4v) is 4.65. The van der Waals surface area contributed by atoms with Gasteiger partial charge < -0.3 is 9.42 Å². The van der Waals surface area contributed by atoms with Crippen LogP contribution in [0.4, 0.5) is 5.69 Å². The van der Waals surface area contributed by atoms with Crippen molar-refractivity contribution in [3.8, 4) is 11.4 Å². The van der Waals surface area contributed by atoms with E-state index in [1.807, 2.05) is 90.7 Å². The summed E-state index contributed by atoms with van der Waals surface area (Å²) in [6.07, 6.45) is 3.74. The molecule has 152 valence electrons. The minimum Gasteiger partial charge on any atom is -0.334 e. The monoisotopic (exact) mass is 425 g/mol. The normalized spacial score (nSPS) is 13.2. The topological polar surface area (TPSA) is 59.2 Å². The molecule has 0 bridgehead atoms. The molecule has 0 unspecified atom stereocenters. The standard InChI is InChI=1S/C25H19N3O2S/c1-2-28-20-14-13-18(16-22(20)31-21-11-7-6-10-19(21)25(28)29)24-26-23(30-27-24)15-12-17-8-4-3-5-9-17/h3-16H,2H2,1H3/b15-12+. The van der Waals surface area contributed by atoms with Crippen molar-refractivity contribution in [1.29, 1.82) is 0 Å². The van der Waals surface area contributed by atoms with Crippen molar-refractivity contribution in [2.24, 2.45) is 0 Å². The Labute approximate surface area is 184 Å². The molecule has 0 aliphatic carbocycles. The Kier molecular flexibility index (Phi) is 5.14. The van der Waals surface area contributed by atoms with Crippen LogP contribution in [0.1, 0.15) is 28.7 Å². The first-order valence-corrected chi connectivity index (χ1v) is 10.8. The predicted molar refractivity (Wildman–Crippen MR) is 123 cm³/mol. The van der Waals surface area contributed by atoms with E-state index in [4.69, 9.17) is 4.52 Å². The van der Waals surface area contributed by atoms with Crippen LogP contribution in [-0.4, -0.2) is 22.6 Å². The Morgan fingerprint density at radius 3 is 2.61 bits per heavy atom. The maximum atomic E-state index is 13.0. The van der Waals surface area contributed by atoms with Crippen molar-refractivity contribution in [3.05, 3.63) is 89.8 Å². The molecule has 0 saturated carbocycles. The van der Waals surface area contributed by atoms with Crippen LogP contribution < -0.4 is 4.90 Å². The summed E-state index contributed by atoms with van der Waals surface area (Å²) >= 11 is 1.59. The molecule has 5 rings (SSSR count). The van der Waals surface area contributed by atoms with Crippen LogP contribution in [0.25, 0.3) is 23.5 Å². The summed E-state index contributed by atoms with van der Waals surface area (Å²) in [5.74, 6) is 0.977. The number of anilines is 1. The van der Waals surface area contributed by atoms with Gasteiger partial charge in [-0.3, -0.25) is 4.79 Å². The number of hydrogen-bond acceptors (Lipinski definition) is 5. The van der Waals surface area contributed by atoms with Gasteiger partial charge in [0.15, 0.2) is 0 Å². The van der Waals surface area contributed by atoms with Gasteiger partial charge in [-0.25, -0.2) is 0 Å². The highest BCUT2D eigenvalue weighted by Gasteiger charge is 2.26. The smallest absolute Gasteiger partial charge is 0.259 e. The highest BCUT2D eigenvalue weighted by Crippen LogP contribution is 2.42. The molecule has 0 radical (unpaired) electrons. The summed E-state index contributed by atoms with van der Waals surface area (Å²) in [5, 5.41) is 4.14. The van der Waals surface area contributed by atoms with E-state index in [9.17, 15) is 4.79 Å². The number of fused-ring (bicyclic) bond motifs is 2. The van der Waals surface area contributed by atoms with Gasteiger partial charge in [0.05, 0.1) is 11.3 Å². The molecular formula is C25H19N3O2S. The van der Waals surface area contributed by atoms with Crippen LogP contribution in [-0.2, 0) is 0 Å². The first-order chi connectivity index (χ1) is 15.2. The van der Waals surface area contributed by atoms with Gasteiger partial charge in [0.2, 0.25) is 5.82 Å². The van der Waals surface area contributed by atoms with Crippen LogP contribution >= 0.6 is 11.8 Å². The molecule has 0 N–H and O–H groups in total. The highest BCUT2D eigenvalue weighted by atomic mass is 32.2. The van der Waals surface area contributed by atoms with Crippen LogP contribution in [0.3, 0.4) is 0 Å². The number of carbonyl (C=O) groups excluding carboxylic acids is 1. The lowest BCUT2D eigenvalue weighted by molar-refractivity contribution is 0.0985. The van der Waals surface area contributed by atoms with Gasteiger partial charge in [-0.05, 0) is 48.9 Å². The SMILES string of the molecule is CCN1C(=O)c2ccccc2Sc2cc(-c3noc(/C=C/c4ccccc4)n3)ccc21. The number of nitrogens with zero attached hydrogens (tertiary/aromatic N) is 3. The second-order valence-corrected chi connectivity index (χ2v) is 8.11. The zero-order chi connectivity index (χ0) is 21.2. The number of benzene rings is 3. The molecule has 5 nitrogen and oxygen atoms in total. The summed E-state index contributed by atoms with van der Waals surface area (Å²) in [7, 11) is 0. The van der Waals surface area contributed by atoms with E-state index >= 15 is 0 Å². The third-order valence-electron chi connectivity index (χ3n) is 5.07. The second kappa shape index (κ2) is 8.24. The molecule has 3 aromatic carbocycles. The van der Waals surface area contributed by atoms with E-state index in [2.05, 4.69) is 10.1 Å². The Bertz CT molecular complexity index is 1280.